The van der Waals surface area contributed by atoms with Gasteiger partial charge in [-0.05, 0) is 64.3 Å². The molecule has 5 unspecified atom stereocenters. The van der Waals surface area contributed by atoms with Gasteiger partial charge in [-0.25, -0.2) is 0 Å². The highest BCUT2D eigenvalue weighted by molar-refractivity contribution is 7.09. The van der Waals surface area contributed by atoms with Gasteiger partial charge in [-0.2, -0.15) is 0 Å². The van der Waals surface area contributed by atoms with Crippen molar-refractivity contribution in [3.8, 4) is 0 Å². The third-order valence-corrected chi connectivity index (χ3v) is 8.38. The highest BCUT2D eigenvalue weighted by Gasteiger charge is 2.72. The Hall–Kier alpha value is -2.45. The summed E-state index contributed by atoms with van der Waals surface area (Å²) in [5.74, 6) is -1.91. The molecule has 2 N–H and O–H groups in total. The zero-order chi connectivity index (χ0) is 24.8. The number of thiophene rings is 1. The Balaban J connectivity index is 1.41. The highest BCUT2D eigenvalue weighted by atomic mass is 32.1. The summed E-state index contributed by atoms with van der Waals surface area (Å²) in [7, 11) is 0. The molecule has 2 fully saturated rings. The summed E-state index contributed by atoms with van der Waals surface area (Å²) in [6.45, 7) is 6.66. The van der Waals surface area contributed by atoms with Crippen molar-refractivity contribution >= 4 is 29.1 Å². The molecule has 3 aliphatic heterocycles. The van der Waals surface area contributed by atoms with E-state index in [9.17, 15) is 14.4 Å². The van der Waals surface area contributed by atoms with Crippen LogP contribution < -0.4 is 10.6 Å². The summed E-state index contributed by atoms with van der Waals surface area (Å²) in [5, 5.41) is 8.04. The fraction of sp³-hybridized carbons (Fsp3) is 0.593. The molecule has 2 saturated heterocycles. The number of likely N-dealkylation sites (tertiary alicyclic amines) is 1. The van der Waals surface area contributed by atoms with Gasteiger partial charge < -0.3 is 20.3 Å². The van der Waals surface area contributed by atoms with Gasteiger partial charge in [0.2, 0.25) is 17.7 Å². The van der Waals surface area contributed by atoms with Crippen LogP contribution in [0.1, 0.15) is 57.8 Å². The van der Waals surface area contributed by atoms with Crippen molar-refractivity contribution < 1.29 is 19.1 Å². The molecular formula is C27H35N3O4S. The zero-order valence-corrected chi connectivity index (χ0v) is 21.5. The molecule has 0 saturated carbocycles. The average Bonchev–Trinajstić information content (AvgIpc) is 3.57. The lowest BCUT2D eigenvalue weighted by Crippen LogP contribution is -2.58. The van der Waals surface area contributed by atoms with Crippen LogP contribution in [0.5, 0.6) is 0 Å². The first-order valence-electron chi connectivity index (χ1n) is 12.7. The monoisotopic (exact) mass is 497 g/mol. The Kier molecular flexibility index (Phi) is 6.38. The second kappa shape index (κ2) is 9.21. The average molecular weight is 498 g/mol. The van der Waals surface area contributed by atoms with Crippen molar-refractivity contribution in [2.75, 3.05) is 6.54 Å². The van der Waals surface area contributed by atoms with Gasteiger partial charge in [-0.15, -0.1) is 11.3 Å². The minimum Gasteiger partial charge on any atom is -0.359 e. The summed E-state index contributed by atoms with van der Waals surface area (Å²) < 4.78 is 6.39. The van der Waals surface area contributed by atoms with Gasteiger partial charge in [0.05, 0.1) is 24.5 Å². The van der Waals surface area contributed by atoms with Crippen LogP contribution in [-0.4, -0.2) is 52.5 Å². The van der Waals surface area contributed by atoms with Crippen molar-refractivity contribution in [2.24, 2.45) is 11.8 Å². The normalized spacial score (nSPS) is 31.5. The Morgan fingerprint density at radius 2 is 2.09 bits per heavy atom. The molecule has 1 aromatic heterocycles. The molecule has 35 heavy (non-hydrogen) atoms. The highest BCUT2D eigenvalue weighted by Crippen LogP contribution is 2.55. The quantitative estimate of drug-likeness (QED) is 0.566. The number of carbonyl (C=O) groups excluding carboxylic acids is 3. The molecule has 4 aliphatic rings. The summed E-state index contributed by atoms with van der Waals surface area (Å²) in [6, 6.07) is 3.13. The van der Waals surface area contributed by atoms with Crippen molar-refractivity contribution in [1.29, 1.82) is 0 Å². The maximum atomic E-state index is 13.9. The van der Waals surface area contributed by atoms with E-state index >= 15 is 0 Å². The number of ether oxygens (including phenoxy) is 1. The van der Waals surface area contributed by atoms with Crippen LogP contribution >= 0.6 is 11.3 Å². The van der Waals surface area contributed by atoms with Gasteiger partial charge in [0.15, 0.2) is 0 Å². The second-order valence-electron chi connectivity index (χ2n) is 11.1. The standard InChI is InChI=1S/C27H35N3O4S/c1-26(2,3)29-24(32)22-27-13-11-19(34-27)20(23(31)28-16-18-10-7-15-35-18)21(27)25(33)30(22)14-12-17-8-5-4-6-9-17/h7-8,10-11,13,15,19-22H,4-6,9,12,14,16H2,1-3H3,(H,28,31)(H,29,32). The largest absolute Gasteiger partial charge is 0.359 e. The number of rotatable bonds is 7. The van der Waals surface area contributed by atoms with E-state index in [0.717, 1.165) is 24.1 Å². The van der Waals surface area contributed by atoms with Crippen molar-refractivity contribution in [2.45, 2.75) is 82.7 Å². The topological polar surface area (TPSA) is 87.7 Å². The lowest BCUT2D eigenvalue weighted by atomic mass is 9.74. The van der Waals surface area contributed by atoms with Crippen LogP contribution in [-0.2, 0) is 25.7 Å². The number of hydrogen-bond donors (Lipinski definition) is 2. The van der Waals surface area contributed by atoms with E-state index in [-0.39, 0.29) is 17.7 Å². The Labute approximate surface area is 211 Å². The fourth-order valence-corrected chi connectivity index (χ4v) is 6.69. The lowest BCUT2D eigenvalue weighted by molar-refractivity contribution is -0.142. The van der Waals surface area contributed by atoms with Crippen molar-refractivity contribution in [1.82, 2.24) is 15.5 Å². The molecule has 7 nitrogen and oxygen atoms in total. The van der Waals surface area contributed by atoms with Crippen LogP contribution in [0.15, 0.2) is 41.3 Å². The summed E-state index contributed by atoms with van der Waals surface area (Å²) >= 11 is 1.58. The molecule has 2 bridgehead atoms. The van der Waals surface area contributed by atoms with E-state index in [1.807, 2.05) is 50.4 Å². The number of fused-ring (bicyclic) bond motifs is 1. The first-order chi connectivity index (χ1) is 16.7. The predicted molar refractivity (Wildman–Crippen MR) is 134 cm³/mol. The van der Waals surface area contributed by atoms with Gasteiger partial charge in [0.1, 0.15) is 11.6 Å². The van der Waals surface area contributed by atoms with Gasteiger partial charge in [-0.3, -0.25) is 14.4 Å². The maximum absolute atomic E-state index is 13.9. The molecule has 1 aliphatic carbocycles. The van der Waals surface area contributed by atoms with Crippen LogP contribution in [0.3, 0.4) is 0 Å². The summed E-state index contributed by atoms with van der Waals surface area (Å²) in [6.07, 6.45) is 10.7. The van der Waals surface area contributed by atoms with Gasteiger partial charge in [-0.1, -0.05) is 29.9 Å². The number of nitrogens with zero attached hydrogens (tertiary/aromatic N) is 1. The Morgan fingerprint density at radius 1 is 1.26 bits per heavy atom. The van der Waals surface area contributed by atoms with E-state index < -0.39 is 35.1 Å². The van der Waals surface area contributed by atoms with Crippen LogP contribution in [0.4, 0.5) is 0 Å². The zero-order valence-electron chi connectivity index (χ0n) is 20.7. The summed E-state index contributed by atoms with van der Waals surface area (Å²) in [4.78, 5) is 43.6. The molecule has 1 spiro atoms. The maximum Gasteiger partial charge on any atom is 0.246 e. The van der Waals surface area contributed by atoms with Gasteiger partial charge in [0, 0.05) is 17.0 Å². The minimum atomic E-state index is -1.11. The molecule has 1 aromatic rings. The van der Waals surface area contributed by atoms with E-state index in [4.69, 9.17) is 4.74 Å². The molecule has 188 valence electrons. The number of nitrogens with one attached hydrogen (secondary N) is 2. The molecule has 3 amide bonds. The smallest absolute Gasteiger partial charge is 0.246 e. The molecular weight excluding hydrogens is 462 g/mol. The Bertz CT molecular complexity index is 1060. The second-order valence-corrected chi connectivity index (χ2v) is 12.2. The lowest BCUT2D eigenvalue weighted by Gasteiger charge is -2.34. The fourth-order valence-electron chi connectivity index (χ4n) is 6.05. The Morgan fingerprint density at radius 3 is 2.77 bits per heavy atom. The third-order valence-electron chi connectivity index (χ3n) is 7.50. The molecule has 5 rings (SSSR count). The van der Waals surface area contributed by atoms with Crippen molar-refractivity contribution in [3.63, 3.8) is 0 Å². The number of hydrogen-bond acceptors (Lipinski definition) is 5. The van der Waals surface area contributed by atoms with E-state index in [1.165, 1.54) is 18.4 Å². The predicted octanol–water partition coefficient (Wildman–Crippen LogP) is 3.32. The first kappa shape index (κ1) is 24.3. The molecule has 0 radical (unpaired) electrons. The first-order valence-corrected chi connectivity index (χ1v) is 13.6. The number of allylic oxidation sites excluding steroid dienone is 1. The summed E-state index contributed by atoms with van der Waals surface area (Å²) in [5.41, 5.74) is -0.215. The van der Waals surface area contributed by atoms with Crippen LogP contribution in [0, 0.1) is 11.8 Å². The number of carbonyl (C=O) groups is 3. The van der Waals surface area contributed by atoms with Crippen LogP contribution in [0.25, 0.3) is 0 Å². The number of amides is 3. The van der Waals surface area contributed by atoms with Gasteiger partial charge in [0.25, 0.3) is 0 Å². The molecule has 4 heterocycles. The van der Waals surface area contributed by atoms with Crippen molar-refractivity contribution in [3.05, 3.63) is 46.2 Å². The van der Waals surface area contributed by atoms with E-state index in [0.29, 0.717) is 13.1 Å². The third kappa shape index (κ3) is 4.47. The van der Waals surface area contributed by atoms with E-state index in [2.05, 4.69) is 16.7 Å². The SMILES string of the molecule is CC(C)(C)NC(=O)C1N(CCC2=CCCCC2)C(=O)C2C(C(=O)NCc3cccs3)C3C=CC21O3. The minimum absolute atomic E-state index is 0.154. The molecule has 8 heteroatoms. The van der Waals surface area contributed by atoms with E-state index in [1.54, 1.807) is 16.2 Å². The van der Waals surface area contributed by atoms with Crippen LogP contribution in [0.2, 0.25) is 0 Å². The molecule has 0 aromatic carbocycles. The molecule has 5 atom stereocenters. The van der Waals surface area contributed by atoms with Gasteiger partial charge >= 0.3 is 0 Å².